The molecule has 0 radical (unpaired) electrons. The average Bonchev–Trinajstić information content (AvgIpc) is 3.22. The zero-order valence-corrected chi connectivity index (χ0v) is 14.0. The maximum absolute atomic E-state index is 4.65. The van der Waals surface area contributed by atoms with E-state index in [4.69, 9.17) is 0 Å². The Morgan fingerprint density at radius 3 is 2.65 bits per heavy atom. The molecule has 0 N–H and O–H groups in total. The van der Waals surface area contributed by atoms with Crippen molar-refractivity contribution >= 4 is 16.7 Å². The SMILES string of the molecule is CC(C)c1nsc(N2CCn3c(nnc3-c3ccccc3)C2)n1. The predicted molar refractivity (Wildman–Crippen MR) is 90.5 cm³/mol. The summed E-state index contributed by atoms with van der Waals surface area (Å²) in [4.78, 5) is 6.89. The number of nitrogens with zero attached hydrogens (tertiary/aromatic N) is 6. The van der Waals surface area contributed by atoms with Crippen LogP contribution in [0.4, 0.5) is 5.13 Å². The first kappa shape index (κ1) is 14.3. The van der Waals surface area contributed by atoms with Crippen LogP contribution in [0.2, 0.25) is 0 Å². The molecule has 4 rings (SSSR count). The van der Waals surface area contributed by atoms with E-state index in [9.17, 15) is 0 Å². The minimum atomic E-state index is 0.359. The van der Waals surface area contributed by atoms with Crippen molar-refractivity contribution in [3.63, 3.8) is 0 Å². The monoisotopic (exact) mass is 326 g/mol. The van der Waals surface area contributed by atoms with Crippen LogP contribution >= 0.6 is 11.5 Å². The number of hydrogen-bond acceptors (Lipinski definition) is 6. The summed E-state index contributed by atoms with van der Waals surface area (Å²) >= 11 is 1.47. The Morgan fingerprint density at radius 1 is 1.09 bits per heavy atom. The van der Waals surface area contributed by atoms with E-state index in [0.29, 0.717) is 5.92 Å². The van der Waals surface area contributed by atoms with Crippen molar-refractivity contribution in [1.29, 1.82) is 0 Å². The Balaban J connectivity index is 1.60. The van der Waals surface area contributed by atoms with Crippen LogP contribution in [-0.2, 0) is 13.1 Å². The van der Waals surface area contributed by atoms with E-state index in [1.807, 2.05) is 18.2 Å². The lowest BCUT2D eigenvalue weighted by Crippen LogP contribution is -2.34. The van der Waals surface area contributed by atoms with Gasteiger partial charge in [0, 0.05) is 36.1 Å². The highest BCUT2D eigenvalue weighted by atomic mass is 32.1. The highest BCUT2D eigenvalue weighted by Gasteiger charge is 2.24. The summed E-state index contributed by atoms with van der Waals surface area (Å²) in [7, 11) is 0. The lowest BCUT2D eigenvalue weighted by molar-refractivity contribution is 0.562. The van der Waals surface area contributed by atoms with Gasteiger partial charge in [-0.1, -0.05) is 44.2 Å². The highest BCUT2D eigenvalue weighted by molar-refractivity contribution is 7.09. The van der Waals surface area contributed by atoms with E-state index in [0.717, 1.165) is 47.8 Å². The Kier molecular flexibility index (Phi) is 3.57. The molecule has 0 unspecified atom stereocenters. The van der Waals surface area contributed by atoms with Crippen molar-refractivity contribution in [2.45, 2.75) is 32.9 Å². The molecule has 7 heteroatoms. The van der Waals surface area contributed by atoms with Crippen molar-refractivity contribution < 1.29 is 0 Å². The van der Waals surface area contributed by atoms with Crippen molar-refractivity contribution in [2.75, 3.05) is 11.4 Å². The summed E-state index contributed by atoms with van der Waals surface area (Å²) in [6.07, 6.45) is 0. The number of anilines is 1. The van der Waals surface area contributed by atoms with Crippen LogP contribution in [0.25, 0.3) is 11.4 Å². The second-order valence-corrected chi connectivity index (χ2v) is 6.70. The standard InChI is InChI=1S/C16H18N6S/c1-11(2)14-17-16(23-20-14)21-8-9-22-13(10-21)18-19-15(22)12-6-4-3-5-7-12/h3-7,11H,8-10H2,1-2H3. The van der Waals surface area contributed by atoms with E-state index in [-0.39, 0.29) is 0 Å². The molecule has 0 saturated heterocycles. The molecule has 0 aliphatic carbocycles. The van der Waals surface area contributed by atoms with Crippen molar-refractivity contribution in [3.05, 3.63) is 42.0 Å². The minimum Gasteiger partial charge on any atom is -0.338 e. The molecule has 118 valence electrons. The average molecular weight is 326 g/mol. The molecular formula is C16H18N6S. The number of fused-ring (bicyclic) bond motifs is 1. The third-order valence-electron chi connectivity index (χ3n) is 4.00. The first-order valence-electron chi connectivity index (χ1n) is 7.78. The van der Waals surface area contributed by atoms with Crippen LogP contribution in [0, 0.1) is 0 Å². The molecule has 1 aliphatic heterocycles. The molecule has 0 spiro atoms. The predicted octanol–water partition coefficient (Wildman–Crippen LogP) is 2.94. The van der Waals surface area contributed by atoms with Crippen LogP contribution in [0.5, 0.6) is 0 Å². The molecule has 1 aromatic carbocycles. The molecule has 3 aromatic rings. The van der Waals surface area contributed by atoms with Gasteiger partial charge in [-0.3, -0.25) is 0 Å². The zero-order valence-electron chi connectivity index (χ0n) is 13.2. The van der Waals surface area contributed by atoms with Gasteiger partial charge < -0.3 is 9.47 Å². The third-order valence-corrected chi connectivity index (χ3v) is 4.79. The summed E-state index contributed by atoms with van der Waals surface area (Å²) < 4.78 is 6.65. The van der Waals surface area contributed by atoms with Crippen LogP contribution < -0.4 is 4.90 Å². The van der Waals surface area contributed by atoms with Crippen molar-refractivity contribution in [1.82, 2.24) is 24.1 Å². The van der Waals surface area contributed by atoms with Gasteiger partial charge in [-0.2, -0.15) is 4.37 Å². The van der Waals surface area contributed by atoms with Crippen LogP contribution in [0.1, 0.15) is 31.4 Å². The molecule has 23 heavy (non-hydrogen) atoms. The van der Waals surface area contributed by atoms with Gasteiger partial charge in [-0.25, -0.2) is 4.98 Å². The molecule has 1 aliphatic rings. The van der Waals surface area contributed by atoms with Gasteiger partial charge in [0.25, 0.3) is 0 Å². The fourth-order valence-corrected chi connectivity index (χ4v) is 3.54. The molecule has 2 aromatic heterocycles. The number of rotatable bonds is 3. The smallest absolute Gasteiger partial charge is 0.205 e. The lowest BCUT2D eigenvalue weighted by atomic mass is 10.2. The van der Waals surface area contributed by atoms with Gasteiger partial charge in [0.05, 0.1) is 6.54 Å². The first-order chi connectivity index (χ1) is 11.2. The molecule has 0 bridgehead atoms. The number of aromatic nitrogens is 5. The van der Waals surface area contributed by atoms with Gasteiger partial charge in [-0.05, 0) is 0 Å². The van der Waals surface area contributed by atoms with E-state index in [1.165, 1.54) is 11.5 Å². The fraction of sp³-hybridized carbons (Fsp3) is 0.375. The quantitative estimate of drug-likeness (QED) is 0.740. The molecule has 0 amide bonds. The molecule has 0 fully saturated rings. The van der Waals surface area contributed by atoms with Gasteiger partial charge in [0.2, 0.25) is 5.13 Å². The topological polar surface area (TPSA) is 59.7 Å². The molecule has 6 nitrogen and oxygen atoms in total. The fourth-order valence-electron chi connectivity index (χ4n) is 2.71. The van der Waals surface area contributed by atoms with Crippen molar-refractivity contribution in [2.24, 2.45) is 0 Å². The van der Waals surface area contributed by atoms with Gasteiger partial charge in [0.15, 0.2) is 11.6 Å². The second kappa shape index (κ2) is 5.73. The lowest BCUT2D eigenvalue weighted by Gasteiger charge is -2.27. The minimum absolute atomic E-state index is 0.359. The van der Waals surface area contributed by atoms with E-state index in [2.05, 4.69) is 55.0 Å². The third kappa shape index (κ3) is 2.61. The molecule has 3 heterocycles. The van der Waals surface area contributed by atoms with E-state index < -0.39 is 0 Å². The summed E-state index contributed by atoms with van der Waals surface area (Å²) in [5.41, 5.74) is 1.11. The molecule has 0 atom stereocenters. The summed E-state index contributed by atoms with van der Waals surface area (Å²) in [5.74, 6) is 3.21. The Bertz CT molecular complexity index is 807. The second-order valence-electron chi connectivity index (χ2n) is 5.97. The Labute approximate surface area is 139 Å². The molecular weight excluding hydrogens is 308 g/mol. The van der Waals surface area contributed by atoms with Crippen molar-refractivity contribution in [3.8, 4) is 11.4 Å². The van der Waals surface area contributed by atoms with E-state index >= 15 is 0 Å². The number of hydrogen-bond donors (Lipinski definition) is 0. The van der Waals surface area contributed by atoms with Crippen LogP contribution in [0.15, 0.2) is 30.3 Å². The Morgan fingerprint density at radius 2 is 1.91 bits per heavy atom. The van der Waals surface area contributed by atoms with Gasteiger partial charge in [-0.15, -0.1) is 10.2 Å². The number of benzene rings is 1. The largest absolute Gasteiger partial charge is 0.338 e. The maximum atomic E-state index is 4.65. The Hall–Kier alpha value is -2.28. The highest BCUT2D eigenvalue weighted by Crippen LogP contribution is 2.27. The zero-order chi connectivity index (χ0) is 15.8. The molecule has 0 saturated carbocycles. The maximum Gasteiger partial charge on any atom is 0.205 e. The van der Waals surface area contributed by atoms with Gasteiger partial charge in [0.1, 0.15) is 5.82 Å². The summed E-state index contributed by atoms with van der Waals surface area (Å²) in [5, 5.41) is 9.74. The van der Waals surface area contributed by atoms with Crippen LogP contribution in [0.3, 0.4) is 0 Å². The van der Waals surface area contributed by atoms with Crippen LogP contribution in [-0.4, -0.2) is 30.7 Å². The van der Waals surface area contributed by atoms with E-state index in [1.54, 1.807) is 0 Å². The normalized spacial score (nSPS) is 14.3. The summed E-state index contributed by atoms with van der Waals surface area (Å²) in [6.45, 7) is 6.73. The first-order valence-corrected chi connectivity index (χ1v) is 8.56. The van der Waals surface area contributed by atoms with Gasteiger partial charge >= 0.3 is 0 Å². The summed E-state index contributed by atoms with van der Waals surface area (Å²) in [6, 6.07) is 10.2.